The van der Waals surface area contributed by atoms with E-state index in [0.29, 0.717) is 5.54 Å². The van der Waals surface area contributed by atoms with E-state index in [9.17, 15) is 0 Å². The number of nitrogens with one attached hydrogen (secondary N) is 1. The normalized spacial score (nSPS) is 43.0. The maximum absolute atomic E-state index is 3.81. The number of hydrogen-bond acceptors (Lipinski definition) is 2. The lowest BCUT2D eigenvalue weighted by atomic mass is 9.82. The summed E-state index contributed by atoms with van der Waals surface area (Å²) in [4.78, 5) is 2.83. The van der Waals surface area contributed by atoms with Crippen molar-refractivity contribution in [2.24, 2.45) is 11.8 Å². The maximum Gasteiger partial charge on any atom is 0.0309 e. The third-order valence-corrected chi connectivity index (χ3v) is 5.79. The highest BCUT2D eigenvalue weighted by Gasteiger charge is 2.45. The van der Waals surface area contributed by atoms with Crippen LogP contribution in [0.4, 0.5) is 0 Å². The highest BCUT2D eigenvalue weighted by Crippen LogP contribution is 2.42. The second-order valence-electron chi connectivity index (χ2n) is 7.18. The second kappa shape index (κ2) is 5.13. The molecular weight excluding hydrogens is 220 g/mol. The molecule has 104 valence electrons. The van der Waals surface area contributed by atoms with Gasteiger partial charge in [0.15, 0.2) is 0 Å². The molecule has 0 bridgehead atoms. The van der Waals surface area contributed by atoms with Gasteiger partial charge in [-0.15, -0.1) is 0 Å². The largest absolute Gasteiger partial charge is 0.309 e. The van der Waals surface area contributed by atoms with E-state index in [1.807, 2.05) is 0 Å². The van der Waals surface area contributed by atoms with Crippen molar-refractivity contribution in [2.75, 3.05) is 19.6 Å². The quantitative estimate of drug-likeness (QED) is 0.828. The van der Waals surface area contributed by atoms with Crippen molar-refractivity contribution >= 4 is 0 Å². The van der Waals surface area contributed by atoms with Gasteiger partial charge in [0.25, 0.3) is 0 Å². The fraction of sp³-hybridized carbons (Fsp3) is 1.00. The van der Waals surface area contributed by atoms with Gasteiger partial charge < -0.3 is 5.32 Å². The van der Waals surface area contributed by atoms with Crippen LogP contribution in [0.1, 0.15) is 58.8 Å². The van der Waals surface area contributed by atoms with Crippen molar-refractivity contribution in [3.05, 3.63) is 0 Å². The zero-order chi connectivity index (χ0) is 12.6. The number of nitrogens with zero attached hydrogens (tertiary/aromatic N) is 1. The van der Waals surface area contributed by atoms with Gasteiger partial charge in [-0.2, -0.15) is 0 Å². The lowest BCUT2D eigenvalue weighted by molar-refractivity contribution is 0.0584. The standard InChI is InChI=1S/C16H30N2/c1-3-13-5-4-6-15(11-13)18-10-9-17-16(2,12-18)14-7-8-14/h13-15,17H,3-12H2,1-2H3. The molecule has 2 saturated carbocycles. The molecule has 3 atom stereocenters. The summed E-state index contributed by atoms with van der Waals surface area (Å²) in [6.07, 6.45) is 10.2. The van der Waals surface area contributed by atoms with Crippen molar-refractivity contribution in [1.82, 2.24) is 10.2 Å². The highest BCUT2D eigenvalue weighted by atomic mass is 15.2. The van der Waals surface area contributed by atoms with Gasteiger partial charge in [0.05, 0.1) is 0 Å². The van der Waals surface area contributed by atoms with Gasteiger partial charge in [-0.25, -0.2) is 0 Å². The Bertz CT molecular complexity index is 287. The summed E-state index contributed by atoms with van der Waals surface area (Å²) >= 11 is 0. The van der Waals surface area contributed by atoms with Crippen LogP contribution in [0.15, 0.2) is 0 Å². The lowest BCUT2D eigenvalue weighted by Gasteiger charge is -2.47. The first-order chi connectivity index (χ1) is 8.71. The average molecular weight is 250 g/mol. The Hall–Kier alpha value is -0.0800. The molecule has 0 amide bonds. The van der Waals surface area contributed by atoms with Crippen molar-refractivity contribution in [3.8, 4) is 0 Å². The van der Waals surface area contributed by atoms with Crippen molar-refractivity contribution < 1.29 is 0 Å². The van der Waals surface area contributed by atoms with E-state index in [2.05, 4.69) is 24.1 Å². The molecule has 3 aliphatic rings. The Kier molecular flexibility index (Phi) is 3.68. The number of rotatable bonds is 3. The van der Waals surface area contributed by atoms with Gasteiger partial charge >= 0.3 is 0 Å². The summed E-state index contributed by atoms with van der Waals surface area (Å²) < 4.78 is 0. The molecule has 3 unspecified atom stereocenters. The predicted molar refractivity (Wildman–Crippen MR) is 76.7 cm³/mol. The first kappa shape index (κ1) is 12.9. The first-order valence-corrected chi connectivity index (χ1v) is 8.20. The van der Waals surface area contributed by atoms with Crippen LogP contribution in [0.5, 0.6) is 0 Å². The second-order valence-corrected chi connectivity index (χ2v) is 7.18. The van der Waals surface area contributed by atoms with Crippen LogP contribution < -0.4 is 5.32 Å². The van der Waals surface area contributed by atoms with Gasteiger partial charge in [-0.3, -0.25) is 4.90 Å². The Morgan fingerprint density at radius 1 is 1.22 bits per heavy atom. The molecule has 3 fully saturated rings. The van der Waals surface area contributed by atoms with Crippen LogP contribution in [0.2, 0.25) is 0 Å². The number of piperazine rings is 1. The van der Waals surface area contributed by atoms with E-state index < -0.39 is 0 Å². The zero-order valence-electron chi connectivity index (χ0n) is 12.3. The molecule has 1 saturated heterocycles. The molecule has 0 radical (unpaired) electrons. The topological polar surface area (TPSA) is 15.3 Å². The van der Waals surface area contributed by atoms with Gasteiger partial charge in [0, 0.05) is 31.2 Å². The molecule has 0 aromatic rings. The van der Waals surface area contributed by atoms with Gasteiger partial charge in [-0.05, 0) is 44.4 Å². The molecule has 3 rings (SSSR count). The third kappa shape index (κ3) is 2.60. The van der Waals surface area contributed by atoms with Crippen LogP contribution >= 0.6 is 0 Å². The fourth-order valence-corrected chi connectivity index (χ4v) is 4.31. The maximum atomic E-state index is 3.81. The lowest BCUT2D eigenvalue weighted by Crippen LogP contribution is -2.62. The number of hydrogen-bond donors (Lipinski definition) is 1. The van der Waals surface area contributed by atoms with Crippen LogP contribution in [0, 0.1) is 11.8 Å². The molecule has 2 aliphatic carbocycles. The van der Waals surface area contributed by atoms with E-state index in [-0.39, 0.29) is 0 Å². The summed E-state index contributed by atoms with van der Waals surface area (Å²) in [6.45, 7) is 8.64. The van der Waals surface area contributed by atoms with Gasteiger partial charge in [0.1, 0.15) is 0 Å². The SMILES string of the molecule is CCC1CCCC(N2CCNC(C)(C3CC3)C2)C1. The van der Waals surface area contributed by atoms with Crippen LogP contribution in [0.25, 0.3) is 0 Å². The van der Waals surface area contributed by atoms with E-state index in [4.69, 9.17) is 0 Å². The molecular formula is C16H30N2. The first-order valence-electron chi connectivity index (χ1n) is 8.20. The van der Waals surface area contributed by atoms with Crippen molar-refractivity contribution in [2.45, 2.75) is 70.4 Å². The Morgan fingerprint density at radius 2 is 2.06 bits per heavy atom. The summed E-state index contributed by atoms with van der Waals surface area (Å²) in [6, 6.07) is 0.892. The van der Waals surface area contributed by atoms with E-state index >= 15 is 0 Å². The van der Waals surface area contributed by atoms with Crippen LogP contribution in [-0.4, -0.2) is 36.1 Å². The molecule has 0 aromatic heterocycles. The summed E-state index contributed by atoms with van der Waals surface area (Å²) in [5.74, 6) is 1.97. The van der Waals surface area contributed by atoms with Gasteiger partial charge in [-0.1, -0.05) is 26.2 Å². The molecule has 18 heavy (non-hydrogen) atoms. The molecule has 2 heteroatoms. The van der Waals surface area contributed by atoms with Gasteiger partial charge in [0.2, 0.25) is 0 Å². The molecule has 0 aromatic carbocycles. The Balaban J connectivity index is 1.61. The fourth-order valence-electron chi connectivity index (χ4n) is 4.31. The summed E-state index contributed by atoms with van der Waals surface area (Å²) in [5.41, 5.74) is 0.428. The molecule has 1 N–H and O–H groups in total. The molecule has 1 heterocycles. The summed E-state index contributed by atoms with van der Waals surface area (Å²) in [5, 5.41) is 3.81. The van der Waals surface area contributed by atoms with Crippen molar-refractivity contribution in [1.29, 1.82) is 0 Å². The minimum atomic E-state index is 0.428. The van der Waals surface area contributed by atoms with Crippen molar-refractivity contribution in [3.63, 3.8) is 0 Å². The highest BCUT2D eigenvalue weighted by molar-refractivity contribution is 5.03. The molecule has 2 nitrogen and oxygen atoms in total. The van der Waals surface area contributed by atoms with E-state index in [1.165, 1.54) is 64.6 Å². The molecule has 0 spiro atoms. The van der Waals surface area contributed by atoms with E-state index in [0.717, 1.165) is 17.9 Å². The smallest absolute Gasteiger partial charge is 0.0309 e. The van der Waals surface area contributed by atoms with E-state index in [1.54, 1.807) is 0 Å². The molecule has 1 aliphatic heterocycles. The zero-order valence-corrected chi connectivity index (χ0v) is 12.3. The summed E-state index contributed by atoms with van der Waals surface area (Å²) in [7, 11) is 0. The Labute approximate surface area is 113 Å². The van der Waals surface area contributed by atoms with Crippen LogP contribution in [0.3, 0.4) is 0 Å². The minimum absolute atomic E-state index is 0.428. The monoisotopic (exact) mass is 250 g/mol. The minimum Gasteiger partial charge on any atom is -0.309 e. The Morgan fingerprint density at radius 3 is 2.78 bits per heavy atom. The predicted octanol–water partition coefficient (Wildman–Crippen LogP) is 3.03. The average Bonchev–Trinajstić information content (AvgIpc) is 3.24. The van der Waals surface area contributed by atoms with Crippen LogP contribution in [-0.2, 0) is 0 Å². The third-order valence-electron chi connectivity index (χ3n) is 5.79.